The summed E-state index contributed by atoms with van der Waals surface area (Å²) in [4.78, 5) is 3.63. The van der Waals surface area contributed by atoms with Crippen molar-refractivity contribution in [2.45, 2.75) is 12.4 Å². The number of nitrogens with zero attached hydrogens (tertiary/aromatic N) is 1. The van der Waals surface area contributed by atoms with Crippen LogP contribution in [-0.2, 0) is 10.1 Å². The fraction of sp³-hybridized carbons (Fsp3) is 0.214. The van der Waals surface area contributed by atoms with Gasteiger partial charge in [-0.05, 0) is 18.6 Å². The summed E-state index contributed by atoms with van der Waals surface area (Å²) in [6.45, 7) is 1.59. The van der Waals surface area contributed by atoms with Crippen molar-refractivity contribution in [1.82, 2.24) is 4.98 Å². The average Bonchev–Trinajstić information content (AvgIpc) is 2.46. The van der Waals surface area contributed by atoms with Gasteiger partial charge in [-0.1, -0.05) is 18.2 Å². The molecule has 0 aliphatic heterocycles. The SMILES string of the molecule is COc1ccccc1-c1cnc(OS(=O)(=O)C(F)(F)F)cc1C. The molecule has 0 N–H and O–H groups in total. The minimum atomic E-state index is -5.75. The van der Waals surface area contributed by atoms with Crippen LogP contribution in [0, 0.1) is 6.92 Å². The van der Waals surface area contributed by atoms with Crippen LogP contribution in [0.1, 0.15) is 5.56 Å². The summed E-state index contributed by atoms with van der Waals surface area (Å²) in [5.41, 5.74) is -3.77. The van der Waals surface area contributed by atoms with E-state index in [1.54, 1.807) is 31.2 Å². The molecule has 0 unspecified atom stereocenters. The molecule has 0 saturated heterocycles. The first-order valence-electron chi connectivity index (χ1n) is 6.26. The summed E-state index contributed by atoms with van der Waals surface area (Å²) >= 11 is 0. The van der Waals surface area contributed by atoms with E-state index in [9.17, 15) is 21.6 Å². The van der Waals surface area contributed by atoms with Crippen LogP contribution in [0.2, 0.25) is 0 Å². The van der Waals surface area contributed by atoms with Crippen LogP contribution in [-0.4, -0.2) is 26.0 Å². The number of ether oxygens (including phenoxy) is 1. The van der Waals surface area contributed by atoms with E-state index in [-0.39, 0.29) is 0 Å². The molecule has 0 bridgehead atoms. The number of aromatic nitrogens is 1. The quantitative estimate of drug-likeness (QED) is 0.627. The Bertz CT molecular complexity index is 819. The number of benzene rings is 1. The zero-order valence-electron chi connectivity index (χ0n) is 12.1. The Morgan fingerprint density at radius 3 is 2.35 bits per heavy atom. The average molecular weight is 347 g/mol. The lowest BCUT2D eigenvalue weighted by atomic mass is 10.0. The van der Waals surface area contributed by atoms with Crippen molar-refractivity contribution in [2.75, 3.05) is 7.11 Å². The molecule has 0 spiro atoms. The van der Waals surface area contributed by atoms with Gasteiger partial charge >= 0.3 is 15.6 Å². The van der Waals surface area contributed by atoms with E-state index in [1.807, 2.05) is 0 Å². The maximum absolute atomic E-state index is 12.3. The number of para-hydroxylation sites is 1. The molecule has 0 fully saturated rings. The van der Waals surface area contributed by atoms with E-state index >= 15 is 0 Å². The molecule has 5 nitrogen and oxygen atoms in total. The molecular formula is C14H12F3NO4S. The highest BCUT2D eigenvalue weighted by Gasteiger charge is 2.48. The summed E-state index contributed by atoms with van der Waals surface area (Å²) in [5, 5.41) is 0. The summed E-state index contributed by atoms with van der Waals surface area (Å²) in [7, 11) is -4.26. The van der Waals surface area contributed by atoms with Gasteiger partial charge in [-0.2, -0.15) is 21.6 Å². The van der Waals surface area contributed by atoms with Gasteiger partial charge < -0.3 is 8.92 Å². The topological polar surface area (TPSA) is 65.5 Å². The summed E-state index contributed by atoms with van der Waals surface area (Å²) < 4.78 is 68.1. The number of rotatable bonds is 4. The van der Waals surface area contributed by atoms with Crippen LogP contribution in [0.5, 0.6) is 11.6 Å². The maximum atomic E-state index is 12.3. The number of methoxy groups -OCH3 is 1. The molecule has 1 aromatic carbocycles. The minimum absolute atomic E-state index is 0.483. The zero-order chi connectivity index (χ0) is 17.3. The molecule has 9 heteroatoms. The first-order valence-corrected chi connectivity index (χ1v) is 7.67. The molecule has 2 rings (SSSR count). The van der Waals surface area contributed by atoms with Crippen LogP contribution < -0.4 is 8.92 Å². The number of alkyl halides is 3. The van der Waals surface area contributed by atoms with Gasteiger partial charge in [-0.15, -0.1) is 0 Å². The molecule has 0 aliphatic rings. The van der Waals surface area contributed by atoms with Gasteiger partial charge in [0, 0.05) is 23.4 Å². The number of aryl methyl sites for hydroxylation is 1. The number of halogens is 3. The third-order valence-electron chi connectivity index (χ3n) is 2.96. The Morgan fingerprint density at radius 1 is 1.13 bits per heavy atom. The minimum Gasteiger partial charge on any atom is -0.496 e. The van der Waals surface area contributed by atoms with Crippen molar-refractivity contribution in [3.63, 3.8) is 0 Å². The summed E-state index contributed by atoms with van der Waals surface area (Å²) in [6.07, 6.45) is 1.23. The third-order valence-corrected chi connectivity index (χ3v) is 3.92. The normalized spacial score (nSPS) is 12.0. The van der Waals surface area contributed by atoms with Crippen molar-refractivity contribution >= 4 is 10.1 Å². The number of hydrogen-bond donors (Lipinski definition) is 0. The van der Waals surface area contributed by atoms with E-state index in [0.29, 0.717) is 22.4 Å². The second-order valence-corrected chi connectivity index (χ2v) is 6.06. The van der Waals surface area contributed by atoms with Crippen molar-refractivity contribution in [3.8, 4) is 22.8 Å². The predicted octanol–water partition coefficient (Wildman–Crippen LogP) is 3.29. The summed E-state index contributed by atoms with van der Waals surface area (Å²) in [6, 6.07) is 8.10. The fourth-order valence-corrected chi connectivity index (χ4v) is 2.29. The van der Waals surface area contributed by atoms with Gasteiger partial charge in [-0.3, -0.25) is 0 Å². The van der Waals surface area contributed by atoms with E-state index in [1.165, 1.54) is 13.3 Å². The molecule has 1 aromatic heterocycles. The maximum Gasteiger partial charge on any atom is 0.534 e. The molecule has 1 heterocycles. The molecule has 23 heavy (non-hydrogen) atoms. The molecule has 0 saturated carbocycles. The Labute approximate surface area is 130 Å². The molecule has 0 aliphatic carbocycles. The van der Waals surface area contributed by atoms with Crippen LogP contribution in [0.4, 0.5) is 13.2 Å². The highest BCUT2D eigenvalue weighted by molar-refractivity contribution is 7.87. The molecule has 0 radical (unpaired) electrons. The largest absolute Gasteiger partial charge is 0.534 e. The second-order valence-electron chi connectivity index (χ2n) is 4.52. The van der Waals surface area contributed by atoms with Crippen LogP contribution in [0.3, 0.4) is 0 Å². The monoisotopic (exact) mass is 347 g/mol. The Kier molecular flexibility index (Phi) is 4.51. The first kappa shape index (κ1) is 17.1. The van der Waals surface area contributed by atoms with Crippen molar-refractivity contribution < 1.29 is 30.5 Å². The lowest BCUT2D eigenvalue weighted by molar-refractivity contribution is -0.0501. The van der Waals surface area contributed by atoms with Crippen LogP contribution >= 0.6 is 0 Å². The highest BCUT2D eigenvalue weighted by atomic mass is 32.2. The van der Waals surface area contributed by atoms with Crippen LogP contribution in [0.15, 0.2) is 36.5 Å². The van der Waals surface area contributed by atoms with E-state index in [4.69, 9.17) is 4.74 Å². The Hall–Kier alpha value is -2.29. The van der Waals surface area contributed by atoms with Gasteiger partial charge in [-0.25, -0.2) is 4.98 Å². The van der Waals surface area contributed by atoms with E-state index < -0.39 is 21.5 Å². The standard InChI is InChI=1S/C14H12F3NO4S/c1-9-7-13(22-23(19,20)14(15,16)17)18-8-11(9)10-5-3-4-6-12(10)21-2/h3-8H,1-2H3. The molecule has 0 atom stereocenters. The van der Waals surface area contributed by atoms with Gasteiger partial charge in [0.05, 0.1) is 7.11 Å². The molecule has 0 amide bonds. The van der Waals surface area contributed by atoms with Gasteiger partial charge in [0.1, 0.15) is 5.75 Å². The fourth-order valence-electron chi connectivity index (χ4n) is 1.88. The van der Waals surface area contributed by atoms with Crippen LogP contribution in [0.25, 0.3) is 11.1 Å². The highest BCUT2D eigenvalue weighted by Crippen LogP contribution is 2.33. The molecule has 2 aromatic rings. The third kappa shape index (κ3) is 3.55. The van der Waals surface area contributed by atoms with Crippen molar-refractivity contribution in [1.29, 1.82) is 0 Å². The lowest BCUT2D eigenvalue weighted by Crippen LogP contribution is -2.28. The lowest BCUT2D eigenvalue weighted by Gasteiger charge is -2.12. The first-order chi connectivity index (χ1) is 10.7. The van der Waals surface area contributed by atoms with Crippen molar-refractivity contribution in [2.24, 2.45) is 0 Å². The summed E-state index contributed by atoms with van der Waals surface area (Å²) in [5.74, 6) is -0.104. The van der Waals surface area contributed by atoms with Crippen molar-refractivity contribution in [3.05, 3.63) is 42.1 Å². The Morgan fingerprint density at radius 2 is 1.78 bits per heavy atom. The molecule has 124 valence electrons. The zero-order valence-corrected chi connectivity index (χ0v) is 12.9. The second kappa shape index (κ2) is 6.07. The molecular weight excluding hydrogens is 335 g/mol. The Balaban J connectivity index is 2.40. The number of hydrogen-bond acceptors (Lipinski definition) is 5. The van der Waals surface area contributed by atoms with Gasteiger partial charge in [0.15, 0.2) is 0 Å². The smallest absolute Gasteiger partial charge is 0.496 e. The predicted molar refractivity (Wildman–Crippen MR) is 76.6 cm³/mol. The van der Waals surface area contributed by atoms with E-state index in [0.717, 1.165) is 6.07 Å². The van der Waals surface area contributed by atoms with E-state index in [2.05, 4.69) is 9.17 Å². The number of pyridine rings is 1. The van der Waals surface area contributed by atoms with Gasteiger partial charge in [0.2, 0.25) is 5.88 Å². The van der Waals surface area contributed by atoms with Gasteiger partial charge in [0.25, 0.3) is 0 Å².